The minimum atomic E-state index is -1.50. The van der Waals surface area contributed by atoms with Gasteiger partial charge in [-0.2, -0.15) is 0 Å². The van der Waals surface area contributed by atoms with Gasteiger partial charge in [-0.05, 0) is 38.0 Å². The molecule has 0 spiro atoms. The van der Waals surface area contributed by atoms with Crippen LogP contribution in [-0.4, -0.2) is 51.4 Å². The number of aliphatic carboxylic acids is 1. The molecular weight excluding hydrogens is 338 g/mol. The fourth-order valence-corrected chi connectivity index (χ4v) is 3.01. The van der Waals surface area contributed by atoms with Crippen molar-refractivity contribution in [2.45, 2.75) is 56.5 Å². The highest BCUT2D eigenvalue weighted by Crippen LogP contribution is 2.37. The van der Waals surface area contributed by atoms with Gasteiger partial charge >= 0.3 is 5.97 Å². The summed E-state index contributed by atoms with van der Waals surface area (Å²) >= 11 is 5.59. The highest BCUT2D eigenvalue weighted by Gasteiger charge is 2.52. The van der Waals surface area contributed by atoms with Crippen LogP contribution >= 0.6 is 11.6 Å². The summed E-state index contributed by atoms with van der Waals surface area (Å²) < 4.78 is 11.1. The zero-order valence-electron chi connectivity index (χ0n) is 13.4. The molecule has 5 N–H and O–H groups in total. The molecule has 134 valence electrons. The van der Waals surface area contributed by atoms with Crippen LogP contribution in [0.1, 0.15) is 31.9 Å². The Morgan fingerprint density at radius 1 is 1.38 bits per heavy atom. The predicted octanol–water partition coefficient (Wildman–Crippen LogP) is 1.06. The van der Waals surface area contributed by atoms with E-state index in [2.05, 4.69) is 0 Å². The number of rotatable bonds is 2. The van der Waals surface area contributed by atoms with Gasteiger partial charge in [-0.1, -0.05) is 23.7 Å². The van der Waals surface area contributed by atoms with E-state index in [0.717, 1.165) is 0 Å². The van der Waals surface area contributed by atoms with Crippen LogP contribution in [0.3, 0.4) is 0 Å². The summed E-state index contributed by atoms with van der Waals surface area (Å²) in [5.41, 5.74) is 6.05. The first-order chi connectivity index (χ1) is 11.1. The minimum absolute atomic E-state index is 0.0909. The van der Waals surface area contributed by atoms with Crippen molar-refractivity contribution in [2.75, 3.05) is 0 Å². The van der Waals surface area contributed by atoms with Gasteiger partial charge in [-0.3, -0.25) is 0 Å². The second-order valence-corrected chi connectivity index (χ2v) is 6.76. The Kier molecular flexibility index (Phi) is 5.85. The summed E-state index contributed by atoms with van der Waals surface area (Å²) in [6.45, 7) is 3.68. The maximum atomic E-state index is 10.3. The van der Waals surface area contributed by atoms with Crippen LogP contribution in [-0.2, 0) is 14.3 Å². The minimum Gasteiger partial charge on any atom is -0.479 e. The molecule has 7 nitrogen and oxygen atoms in total. The number of hydrogen-bond acceptors (Lipinski definition) is 6. The monoisotopic (exact) mass is 359 g/mol. The number of ether oxygens (including phenoxy) is 2. The quantitative estimate of drug-likeness (QED) is 0.622. The number of benzene rings is 1. The largest absolute Gasteiger partial charge is 0.479 e. The molecule has 5 atom stereocenters. The second kappa shape index (κ2) is 7.35. The van der Waals surface area contributed by atoms with Gasteiger partial charge < -0.3 is 30.5 Å². The molecule has 2 fully saturated rings. The fourth-order valence-electron chi connectivity index (χ4n) is 2.81. The smallest absolute Gasteiger partial charge is 0.337 e. The molecule has 1 aromatic carbocycles. The molecule has 24 heavy (non-hydrogen) atoms. The first kappa shape index (κ1) is 19.1. The Labute approximate surface area is 144 Å². The van der Waals surface area contributed by atoms with Gasteiger partial charge in [-0.15, -0.1) is 0 Å². The van der Waals surface area contributed by atoms with Gasteiger partial charge in [0.15, 0.2) is 11.9 Å². The van der Waals surface area contributed by atoms with Gasteiger partial charge in [0.2, 0.25) is 0 Å². The third kappa shape index (κ3) is 4.44. The van der Waals surface area contributed by atoms with E-state index in [-0.39, 0.29) is 23.8 Å². The van der Waals surface area contributed by atoms with E-state index in [1.54, 1.807) is 12.1 Å². The lowest BCUT2D eigenvalue weighted by molar-refractivity contribution is -0.163. The van der Waals surface area contributed by atoms with Gasteiger partial charge in [-0.25, -0.2) is 4.79 Å². The summed E-state index contributed by atoms with van der Waals surface area (Å²) in [6.07, 6.45) is -1.74. The fraction of sp³-hybridized carbons (Fsp3) is 0.562. The Balaban J connectivity index is 0.000000174. The first-order valence-electron chi connectivity index (χ1n) is 7.56. The van der Waals surface area contributed by atoms with Gasteiger partial charge in [0.25, 0.3) is 0 Å². The average Bonchev–Trinajstić information content (AvgIpc) is 2.94. The molecule has 8 heteroatoms. The Morgan fingerprint density at radius 3 is 2.54 bits per heavy atom. The molecule has 1 aliphatic carbocycles. The summed E-state index contributed by atoms with van der Waals surface area (Å²) in [6, 6.07) is 6.03. The van der Waals surface area contributed by atoms with E-state index in [1.165, 1.54) is 12.1 Å². The number of fused-ring (bicyclic) bond motifs is 1. The third-order valence-corrected chi connectivity index (χ3v) is 4.11. The Hall–Kier alpha value is -1.22. The lowest BCUT2D eigenvalue weighted by Gasteiger charge is -2.20. The maximum absolute atomic E-state index is 10.3. The lowest BCUT2D eigenvalue weighted by Crippen LogP contribution is -2.35. The maximum Gasteiger partial charge on any atom is 0.337 e. The predicted molar refractivity (Wildman–Crippen MR) is 86.5 cm³/mol. The van der Waals surface area contributed by atoms with Gasteiger partial charge in [0.05, 0.1) is 6.10 Å². The van der Waals surface area contributed by atoms with E-state index in [4.69, 9.17) is 37.0 Å². The summed E-state index contributed by atoms with van der Waals surface area (Å²) in [7, 11) is 0. The van der Waals surface area contributed by atoms with Crippen molar-refractivity contribution < 1.29 is 29.6 Å². The zero-order valence-corrected chi connectivity index (χ0v) is 14.2. The van der Waals surface area contributed by atoms with Crippen LogP contribution < -0.4 is 5.73 Å². The Bertz CT molecular complexity index is 578. The molecule has 1 saturated carbocycles. The Morgan fingerprint density at radius 2 is 2.00 bits per heavy atom. The van der Waals surface area contributed by atoms with Crippen LogP contribution in [0.15, 0.2) is 24.3 Å². The molecule has 1 saturated heterocycles. The first-order valence-corrected chi connectivity index (χ1v) is 7.94. The lowest BCUT2D eigenvalue weighted by atomic mass is 10.1. The highest BCUT2D eigenvalue weighted by molar-refractivity contribution is 6.30. The molecular formula is C16H22ClNO6. The standard InChI is InChI=1S/C8H7ClO3.C8H15NO3/c9-6-3-1-2-5(4-6)7(10)8(11)12;1-8(2)11-6-4(9)3-5(10)7(6)12-8/h1-4,7,10H,(H,11,12);4-7,10H,3,9H2,1-2H3/t7-;4-,5+,6+,7-/m11/s1. The van der Waals surface area contributed by atoms with Crippen molar-refractivity contribution in [3.63, 3.8) is 0 Å². The second-order valence-electron chi connectivity index (χ2n) is 6.33. The molecule has 0 radical (unpaired) electrons. The van der Waals surface area contributed by atoms with Crippen LogP contribution in [0.2, 0.25) is 5.02 Å². The molecule has 0 aromatic heterocycles. The number of carbonyl (C=O) groups is 1. The van der Waals surface area contributed by atoms with Crippen molar-refractivity contribution in [3.8, 4) is 0 Å². The van der Waals surface area contributed by atoms with E-state index in [1.807, 2.05) is 13.8 Å². The molecule has 1 heterocycles. The van der Waals surface area contributed by atoms with E-state index in [9.17, 15) is 9.90 Å². The molecule has 1 aromatic rings. The van der Waals surface area contributed by atoms with Crippen LogP contribution in [0.4, 0.5) is 0 Å². The molecule has 3 rings (SSSR count). The number of halogens is 1. The van der Waals surface area contributed by atoms with E-state index >= 15 is 0 Å². The molecule has 2 aliphatic rings. The van der Waals surface area contributed by atoms with E-state index < -0.39 is 24.0 Å². The van der Waals surface area contributed by atoms with E-state index in [0.29, 0.717) is 11.4 Å². The van der Waals surface area contributed by atoms with Crippen molar-refractivity contribution in [1.82, 2.24) is 0 Å². The van der Waals surface area contributed by atoms with Gasteiger partial charge in [0, 0.05) is 11.1 Å². The normalized spacial score (nSPS) is 31.8. The van der Waals surface area contributed by atoms with Crippen LogP contribution in [0.25, 0.3) is 0 Å². The molecule has 0 amide bonds. The van der Waals surface area contributed by atoms with Crippen molar-refractivity contribution in [2.24, 2.45) is 5.73 Å². The average molecular weight is 360 g/mol. The zero-order chi connectivity index (χ0) is 18.1. The third-order valence-electron chi connectivity index (χ3n) is 3.88. The number of hydrogen-bond donors (Lipinski definition) is 4. The SMILES string of the molecule is CC1(C)O[C@@H]2[C@H](O1)[C@@H](O)C[C@H]2N.O=C(O)[C@H](O)c1cccc(Cl)c1. The topological polar surface area (TPSA) is 122 Å². The number of aliphatic hydroxyl groups excluding tert-OH is 2. The molecule has 1 aliphatic heterocycles. The summed E-state index contributed by atoms with van der Waals surface area (Å²) in [4.78, 5) is 10.3. The molecule has 0 unspecified atom stereocenters. The van der Waals surface area contributed by atoms with Crippen LogP contribution in [0.5, 0.6) is 0 Å². The molecule has 0 bridgehead atoms. The van der Waals surface area contributed by atoms with Crippen molar-refractivity contribution in [1.29, 1.82) is 0 Å². The van der Waals surface area contributed by atoms with Crippen molar-refractivity contribution in [3.05, 3.63) is 34.9 Å². The van der Waals surface area contributed by atoms with Crippen LogP contribution in [0, 0.1) is 0 Å². The summed E-state index contributed by atoms with van der Waals surface area (Å²) in [5, 5.41) is 27.4. The highest BCUT2D eigenvalue weighted by atomic mass is 35.5. The number of carboxylic acids is 1. The number of aliphatic hydroxyl groups is 2. The number of nitrogens with two attached hydrogens (primary N) is 1. The number of carboxylic acid groups (broad SMARTS) is 1. The van der Waals surface area contributed by atoms with Gasteiger partial charge in [0.1, 0.15) is 12.2 Å². The van der Waals surface area contributed by atoms with Crippen molar-refractivity contribution >= 4 is 17.6 Å². The summed E-state index contributed by atoms with van der Waals surface area (Å²) in [5.74, 6) is -1.87.